The van der Waals surface area contributed by atoms with Gasteiger partial charge in [-0.2, -0.15) is 5.26 Å². The van der Waals surface area contributed by atoms with Gasteiger partial charge in [-0.15, -0.1) is 0 Å². The van der Waals surface area contributed by atoms with E-state index in [0.29, 0.717) is 0 Å². The summed E-state index contributed by atoms with van der Waals surface area (Å²) in [5.41, 5.74) is 4.15. The molecule has 0 aromatic carbocycles. The molecule has 0 bridgehead atoms. The molecule has 0 fully saturated rings. The number of hydrogen-bond acceptors (Lipinski definition) is 7. The van der Waals surface area contributed by atoms with Crippen LogP contribution in [0.15, 0.2) is 0 Å². The SMILES string of the molecule is N#CN.O=P(O)(O)O.O=P(O)(O)O.O=P(O)(O)O.O=P(O)(O)O.O=P(O)(O)O. The molecule has 0 aromatic heterocycles. The molecule has 27 heteroatoms. The van der Waals surface area contributed by atoms with Crippen LogP contribution in [0.3, 0.4) is 0 Å². The maximum Gasteiger partial charge on any atom is 0.466 e. The smallest absolute Gasteiger partial charge is 0.337 e. The van der Waals surface area contributed by atoms with Gasteiger partial charge in [0.05, 0.1) is 0 Å². The molecule has 0 aliphatic carbocycles. The average Bonchev–Trinajstić information content (AvgIpc) is 2.00. The Morgan fingerprint density at radius 3 is 0.429 bits per heavy atom. The van der Waals surface area contributed by atoms with E-state index < -0.39 is 39.1 Å². The van der Waals surface area contributed by atoms with Crippen LogP contribution in [0.25, 0.3) is 0 Å². The number of nitriles is 1. The molecule has 0 heterocycles. The summed E-state index contributed by atoms with van der Waals surface area (Å²) in [6.45, 7) is 0. The molecule has 0 aliphatic rings. The molecule has 28 heavy (non-hydrogen) atoms. The van der Waals surface area contributed by atoms with Gasteiger partial charge in [0.1, 0.15) is 0 Å². The van der Waals surface area contributed by atoms with Gasteiger partial charge in [0.2, 0.25) is 0 Å². The highest BCUT2D eigenvalue weighted by Gasteiger charge is 2.01. The van der Waals surface area contributed by atoms with E-state index in [1.54, 1.807) is 0 Å². The molecule has 0 radical (unpaired) electrons. The molecule has 22 nitrogen and oxygen atoms in total. The molecule has 0 aromatic rings. The van der Waals surface area contributed by atoms with Crippen molar-refractivity contribution in [1.29, 1.82) is 5.26 Å². The summed E-state index contributed by atoms with van der Waals surface area (Å²) in [5, 5.41) is 7.10. The van der Waals surface area contributed by atoms with Crippen molar-refractivity contribution in [3.8, 4) is 6.19 Å². The lowest BCUT2D eigenvalue weighted by Crippen LogP contribution is -1.69. The maximum absolute atomic E-state index is 8.88. The third-order valence-corrected chi connectivity index (χ3v) is 0. The average molecular weight is 532 g/mol. The highest BCUT2D eigenvalue weighted by molar-refractivity contribution is 7.46. The van der Waals surface area contributed by atoms with E-state index >= 15 is 0 Å². The first-order valence-corrected chi connectivity index (χ1v) is 12.3. The summed E-state index contributed by atoms with van der Waals surface area (Å²) in [6.07, 6.45) is 1.25. The molecular weight excluding hydrogens is 515 g/mol. The Kier molecular flexibility index (Phi) is 28.3. The Labute approximate surface area is 153 Å². The van der Waals surface area contributed by atoms with E-state index in [4.69, 9.17) is 101 Å². The van der Waals surface area contributed by atoms with E-state index in [2.05, 4.69) is 5.73 Å². The van der Waals surface area contributed by atoms with E-state index in [1.807, 2.05) is 0 Å². The van der Waals surface area contributed by atoms with Gasteiger partial charge in [0.15, 0.2) is 6.19 Å². The highest BCUT2D eigenvalue weighted by atomic mass is 31.2. The summed E-state index contributed by atoms with van der Waals surface area (Å²) >= 11 is 0. The van der Waals surface area contributed by atoms with Crippen LogP contribution in [0.2, 0.25) is 0 Å². The predicted molar refractivity (Wildman–Crippen MR) is 81.1 cm³/mol. The molecule has 0 spiro atoms. The molecule has 17 N–H and O–H groups in total. The number of rotatable bonds is 0. The van der Waals surface area contributed by atoms with Gasteiger partial charge < -0.3 is 79.1 Å². The van der Waals surface area contributed by atoms with Crippen LogP contribution in [0.1, 0.15) is 0 Å². The maximum atomic E-state index is 8.88. The van der Waals surface area contributed by atoms with Crippen molar-refractivity contribution in [1.82, 2.24) is 0 Å². The fourth-order valence-corrected chi connectivity index (χ4v) is 0. The zero-order valence-corrected chi connectivity index (χ0v) is 17.0. The lowest BCUT2D eigenvalue weighted by molar-refractivity contribution is 0.272. The largest absolute Gasteiger partial charge is 0.466 e. The van der Waals surface area contributed by atoms with Gasteiger partial charge in [-0.1, -0.05) is 0 Å². The van der Waals surface area contributed by atoms with Crippen LogP contribution in [-0.2, 0) is 22.8 Å². The van der Waals surface area contributed by atoms with Crippen LogP contribution in [-0.4, -0.2) is 73.4 Å². The number of nitrogens with two attached hydrogens (primary N) is 1. The quantitative estimate of drug-likeness (QED) is 0.0787. The van der Waals surface area contributed by atoms with Crippen LogP contribution in [0.4, 0.5) is 0 Å². The fraction of sp³-hybridized carbons (Fsp3) is 0. The second kappa shape index (κ2) is 18.8. The van der Waals surface area contributed by atoms with Crippen LogP contribution in [0.5, 0.6) is 0 Å². The standard InChI is InChI=1S/CH2N2.5H3O4P/c2-1-3;5*1-5(2,3)4/h2H2;5*(H3,1,2,3,4). The monoisotopic (exact) mass is 532 g/mol. The minimum Gasteiger partial charge on any atom is -0.337 e. The molecule has 0 saturated carbocycles. The van der Waals surface area contributed by atoms with Crippen molar-refractivity contribution in [3.63, 3.8) is 0 Å². The normalized spacial score (nSPS) is 10.8. The first-order chi connectivity index (χ1) is 11.4. The Balaban J connectivity index is -0.0000000522. The zero-order chi connectivity index (χ0) is 25.2. The second-order valence-corrected chi connectivity index (χ2v) is 7.83. The van der Waals surface area contributed by atoms with Crippen LogP contribution in [0, 0.1) is 11.5 Å². The van der Waals surface area contributed by atoms with E-state index in [1.165, 1.54) is 6.19 Å². The van der Waals surface area contributed by atoms with E-state index in [9.17, 15) is 0 Å². The van der Waals surface area contributed by atoms with Gasteiger partial charge in [-0.3, -0.25) is 0 Å². The number of phosphoric acid groups is 5. The zero-order valence-electron chi connectivity index (χ0n) is 12.5. The highest BCUT2D eigenvalue weighted by Crippen LogP contribution is 2.27. The van der Waals surface area contributed by atoms with Crippen molar-refractivity contribution >= 4 is 39.1 Å². The van der Waals surface area contributed by atoms with Gasteiger partial charge in [-0.05, 0) is 0 Å². The summed E-state index contributed by atoms with van der Waals surface area (Å²) in [4.78, 5) is 108. The predicted octanol–water partition coefficient (Wildman–Crippen LogP) is -5.22. The van der Waals surface area contributed by atoms with Crippen molar-refractivity contribution in [2.45, 2.75) is 0 Å². The summed E-state index contributed by atoms with van der Waals surface area (Å²) in [6, 6.07) is 0. The lowest BCUT2D eigenvalue weighted by atomic mass is 11.5. The molecule has 0 saturated heterocycles. The fourth-order valence-electron chi connectivity index (χ4n) is 0. The Morgan fingerprint density at radius 1 is 0.429 bits per heavy atom. The molecule has 176 valence electrons. The number of nitrogens with zero attached hydrogens (tertiary/aromatic N) is 1. The van der Waals surface area contributed by atoms with Crippen molar-refractivity contribution < 1.29 is 96.2 Å². The van der Waals surface area contributed by atoms with Crippen LogP contribution < -0.4 is 5.73 Å². The molecule has 0 aliphatic heterocycles. The molecule has 0 unspecified atom stereocenters. The van der Waals surface area contributed by atoms with Gasteiger partial charge in [-0.25, -0.2) is 22.8 Å². The van der Waals surface area contributed by atoms with Crippen molar-refractivity contribution in [2.24, 2.45) is 5.73 Å². The minimum absolute atomic E-state index is 1.25. The Bertz CT molecular complexity index is 458. The first kappa shape index (κ1) is 42.0. The van der Waals surface area contributed by atoms with Crippen molar-refractivity contribution in [2.75, 3.05) is 0 Å². The molecule has 0 amide bonds. The third kappa shape index (κ3) is 623000. The van der Waals surface area contributed by atoms with Crippen molar-refractivity contribution in [3.05, 3.63) is 0 Å². The minimum atomic E-state index is -4.64. The first-order valence-electron chi connectivity index (χ1n) is 4.43. The van der Waals surface area contributed by atoms with Gasteiger partial charge >= 0.3 is 39.1 Å². The summed E-state index contributed by atoms with van der Waals surface area (Å²) in [7, 11) is -23.2. The van der Waals surface area contributed by atoms with Gasteiger partial charge in [0.25, 0.3) is 0 Å². The van der Waals surface area contributed by atoms with Crippen LogP contribution >= 0.6 is 39.1 Å². The summed E-state index contributed by atoms with van der Waals surface area (Å²) in [5.74, 6) is 0. The second-order valence-electron chi connectivity index (χ2n) is 2.70. The third-order valence-electron chi connectivity index (χ3n) is 0. The lowest BCUT2D eigenvalue weighted by Gasteiger charge is -1.82. The molecular formula is CH17N2O20P5. The molecule has 0 atom stereocenters. The Morgan fingerprint density at radius 2 is 0.429 bits per heavy atom. The van der Waals surface area contributed by atoms with E-state index in [0.717, 1.165) is 0 Å². The molecule has 0 rings (SSSR count). The van der Waals surface area contributed by atoms with E-state index in [-0.39, 0.29) is 0 Å². The Hall–Kier alpha value is -0.160. The topological polar surface area (TPSA) is 439 Å². The number of hydrogen-bond donors (Lipinski definition) is 16. The van der Waals surface area contributed by atoms with Gasteiger partial charge in [0, 0.05) is 0 Å². The summed E-state index contributed by atoms with van der Waals surface area (Å²) < 4.78 is 44.4.